The summed E-state index contributed by atoms with van der Waals surface area (Å²) in [5.41, 5.74) is 8.48. The molecule has 1 aromatic heterocycles. The highest BCUT2D eigenvalue weighted by Crippen LogP contribution is 2.33. The van der Waals surface area contributed by atoms with Crippen LogP contribution in [0.3, 0.4) is 0 Å². The Hall–Kier alpha value is -2.08. The average Bonchev–Trinajstić information content (AvgIpc) is 2.88. The van der Waals surface area contributed by atoms with Gasteiger partial charge in [0.1, 0.15) is 5.69 Å². The summed E-state index contributed by atoms with van der Waals surface area (Å²) in [6.07, 6.45) is 0. The van der Waals surface area contributed by atoms with E-state index in [9.17, 15) is 0 Å². The third-order valence-electron chi connectivity index (χ3n) is 3.19. The molecule has 21 heavy (non-hydrogen) atoms. The van der Waals surface area contributed by atoms with E-state index in [1.165, 1.54) is 0 Å². The van der Waals surface area contributed by atoms with Gasteiger partial charge in [0.15, 0.2) is 11.5 Å². The van der Waals surface area contributed by atoms with Gasteiger partial charge < -0.3 is 15.2 Å². The Labute approximate surface area is 124 Å². The molecule has 1 aromatic carbocycles. The highest BCUT2D eigenvalue weighted by molar-refractivity contribution is 5.66. The first-order valence-electron chi connectivity index (χ1n) is 6.95. The molecule has 0 unspecified atom stereocenters. The van der Waals surface area contributed by atoms with Crippen molar-refractivity contribution in [3.05, 3.63) is 23.9 Å². The lowest BCUT2D eigenvalue weighted by Gasteiger charge is -2.13. The van der Waals surface area contributed by atoms with Crippen LogP contribution in [-0.4, -0.2) is 29.2 Å². The summed E-state index contributed by atoms with van der Waals surface area (Å²) in [7, 11) is 3.24. The average molecular weight is 290 g/mol. The van der Waals surface area contributed by atoms with E-state index in [1.54, 1.807) is 14.2 Å². The van der Waals surface area contributed by atoms with Crippen LogP contribution in [0, 0.1) is 5.92 Å². The van der Waals surface area contributed by atoms with Crippen molar-refractivity contribution in [2.75, 3.05) is 14.2 Å². The van der Waals surface area contributed by atoms with Crippen molar-refractivity contribution in [2.24, 2.45) is 11.7 Å². The lowest BCUT2D eigenvalue weighted by molar-refractivity contribution is 0.355. The Morgan fingerprint density at radius 1 is 1.19 bits per heavy atom. The second-order valence-corrected chi connectivity index (χ2v) is 5.23. The number of benzene rings is 1. The molecule has 0 saturated heterocycles. The second-order valence-electron chi connectivity index (χ2n) is 5.23. The zero-order valence-corrected chi connectivity index (χ0v) is 13.0. The van der Waals surface area contributed by atoms with Crippen LogP contribution < -0.4 is 15.2 Å². The van der Waals surface area contributed by atoms with Crippen molar-refractivity contribution < 1.29 is 9.47 Å². The third kappa shape index (κ3) is 3.16. The van der Waals surface area contributed by atoms with Crippen molar-refractivity contribution in [1.29, 1.82) is 0 Å². The monoisotopic (exact) mass is 290 g/mol. The maximum atomic E-state index is 5.79. The molecule has 6 heteroatoms. The van der Waals surface area contributed by atoms with Crippen molar-refractivity contribution >= 4 is 0 Å². The minimum Gasteiger partial charge on any atom is -0.493 e. The number of ether oxygens (including phenoxy) is 2. The topological polar surface area (TPSA) is 75.2 Å². The van der Waals surface area contributed by atoms with Gasteiger partial charge in [0.2, 0.25) is 0 Å². The van der Waals surface area contributed by atoms with Crippen LogP contribution in [0.4, 0.5) is 0 Å². The predicted octanol–water partition coefficient (Wildman–Crippen LogP) is 2.08. The summed E-state index contributed by atoms with van der Waals surface area (Å²) in [6.45, 7) is 5.42. The van der Waals surface area contributed by atoms with E-state index < -0.39 is 0 Å². The molecule has 6 nitrogen and oxygen atoms in total. The van der Waals surface area contributed by atoms with Crippen LogP contribution >= 0.6 is 0 Å². The summed E-state index contributed by atoms with van der Waals surface area (Å²) in [4.78, 5) is 0. The molecule has 0 aliphatic carbocycles. The molecular formula is C15H22N4O2. The van der Waals surface area contributed by atoms with E-state index in [4.69, 9.17) is 15.2 Å². The van der Waals surface area contributed by atoms with Gasteiger partial charge in [0, 0.05) is 18.7 Å². The lowest BCUT2D eigenvalue weighted by Crippen LogP contribution is -2.09. The maximum absolute atomic E-state index is 5.79. The van der Waals surface area contributed by atoms with E-state index in [2.05, 4.69) is 24.2 Å². The van der Waals surface area contributed by atoms with E-state index in [-0.39, 0.29) is 0 Å². The number of nitrogens with zero attached hydrogens (tertiary/aromatic N) is 3. The van der Waals surface area contributed by atoms with Crippen molar-refractivity contribution in [3.8, 4) is 22.8 Å². The summed E-state index contributed by atoms with van der Waals surface area (Å²) in [5, 5.41) is 8.39. The molecule has 114 valence electrons. The van der Waals surface area contributed by atoms with Gasteiger partial charge in [-0.15, -0.1) is 5.10 Å². The van der Waals surface area contributed by atoms with Gasteiger partial charge in [-0.1, -0.05) is 19.1 Å². The highest BCUT2D eigenvalue weighted by Gasteiger charge is 2.16. The minimum atomic E-state index is 0.349. The van der Waals surface area contributed by atoms with E-state index >= 15 is 0 Å². The number of hydrogen-bond acceptors (Lipinski definition) is 5. The van der Waals surface area contributed by atoms with Crippen molar-refractivity contribution in [2.45, 2.75) is 26.9 Å². The van der Waals surface area contributed by atoms with Crippen LogP contribution in [0.15, 0.2) is 18.2 Å². The molecule has 0 aliphatic rings. The van der Waals surface area contributed by atoms with Gasteiger partial charge in [-0.3, -0.25) is 0 Å². The third-order valence-corrected chi connectivity index (χ3v) is 3.19. The maximum Gasteiger partial charge on any atom is 0.161 e. The first-order chi connectivity index (χ1) is 10.1. The highest BCUT2D eigenvalue weighted by atomic mass is 16.5. The number of nitrogens with two attached hydrogens (primary N) is 1. The van der Waals surface area contributed by atoms with Crippen LogP contribution in [-0.2, 0) is 13.1 Å². The quantitative estimate of drug-likeness (QED) is 0.881. The molecule has 0 radical (unpaired) electrons. The number of rotatable bonds is 6. The van der Waals surface area contributed by atoms with Gasteiger partial charge in [0.25, 0.3) is 0 Å². The Bertz CT molecular complexity index is 608. The standard InChI is InChI=1S/C15H22N4O2/c1-10(2)9-19-15(12(8-16)17-18-19)11-5-6-13(20-3)14(7-11)21-4/h5-7,10H,8-9,16H2,1-4H3. The van der Waals surface area contributed by atoms with Crippen molar-refractivity contribution in [3.63, 3.8) is 0 Å². The van der Waals surface area contributed by atoms with Crippen LogP contribution in [0.5, 0.6) is 11.5 Å². The minimum absolute atomic E-state index is 0.349. The molecule has 0 aliphatic heterocycles. The van der Waals surface area contributed by atoms with Crippen LogP contribution in [0.2, 0.25) is 0 Å². The Kier molecular flexibility index (Phi) is 4.80. The second kappa shape index (κ2) is 6.58. The number of aromatic nitrogens is 3. The summed E-state index contributed by atoms with van der Waals surface area (Å²) >= 11 is 0. The number of hydrogen-bond donors (Lipinski definition) is 1. The SMILES string of the molecule is COc1ccc(-c2c(CN)nnn2CC(C)C)cc1OC. The Morgan fingerprint density at radius 2 is 1.90 bits per heavy atom. The molecule has 0 atom stereocenters. The largest absolute Gasteiger partial charge is 0.493 e. The lowest BCUT2D eigenvalue weighted by atomic mass is 10.1. The summed E-state index contributed by atoms with van der Waals surface area (Å²) in [6, 6.07) is 5.77. The molecule has 2 aromatic rings. The van der Waals surface area contributed by atoms with Gasteiger partial charge in [-0.25, -0.2) is 4.68 Å². The van der Waals surface area contributed by atoms with Gasteiger partial charge >= 0.3 is 0 Å². The molecule has 2 N–H and O–H groups in total. The molecule has 1 heterocycles. The normalized spacial score (nSPS) is 11.0. The van der Waals surface area contributed by atoms with E-state index in [0.717, 1.165) is 23.5 Å². The molecule has 0 amide bonds. The first-order valence-corrected chi connectivity index (χ1v) is 6.95. The zero-order chi connectivity index (χ0) is 15.4. The van der Waals surface area contributed by atoms with Gasteiger partial charge in [0.05, 0.1) is 19.9 Å². The molecule has 0 fully saturated rings. The van der Waals surface area contributed by atoms with Gasteiger partial charge in [-0.05, 0) is 24.1 Å². The Morgan fingerprint density at radius 3 is 2.48 bits per heavy atom. The smallest absolute Gasteiger partial charge is 0.161 e. The number of methoxy groups -OCH3 is 2. The molecule has 0 spiro atoms. The Balaban J connectivity index is 2.52. The van der Waals surface area contributed by atoms with E-state index in [0.29, 0.717) is 24.0 Å². The summed E-state index contributed by atoms with van der Waals surface area (Å²) < 4.78 is 12.5. The van der Waals surface area contributed by atoms with E-state index in [1.807, 2.05) is 22.9 Å². The zero-order valence-electron chi connectivity index (χ0n) is 13.0. The molecule has 0 saturated carbocycles. The summed E-state index contributed by atoms with van der Waals surface area (Å²) in [5.74, 6) is 1.84. The molecule has 2 rings (SSSR count). The van der Waals surface area contributed by atoms with Crippen LogP contribution in [0.25, 0.3) is 11.3 Å². The fraction of sp³-hybridized carbons (Fsp3) is 0.467. The van der Waals surface area contributed by atoms with Crippen molar-refractivity contribution in [1.82, 2.24) is 15.0 Å². The van der Waals surface area contributed by atoms with Gasteiger partial charge in [-0.2, -0.15) is 0 Å². The fourth-order valence-corrected chi connectivity index (χ4v) is 2.26. The first kappa shape index (κ1) is 15.3. The fourth-order valence-electron chi connectivity index (χ4n) is 2.26. The molecular weight excluding hydrogens is 268 g/mol. The molecule has 0 bridgehead atoms. The van der Waals surface area contributed by atoms with Crippen LogP contribution in [0.1, 0.15) is 19.5 Å². The predicted molar refractivity (Wildman–Crippen MR) is 81.3 cm³/mol.